The number of allylic oxidation sites excluding steroid dienone is 9. The third-order valence-corrected chi connectivity index (χ3v) is 3.13. The Morgan fingerprint density at radius 1 is 1.38 bits per heavy atom. The molecule has 0 atom stereocenters. The highest BCUT2D eigenvalue weighted by molar-refractivity contribution is 5.77. The zero-order valence-corrected chi connectivity index (χ0v) is 12.3. The standard InChI is InChI=1S/C19H20N2/c1-3-4-5-11-18(20)17-10-8-9-16(14-15(17)2)19-12-6-7-13-21-19/h4-14H,2-3,20H2,1H3/b5-4-,18-11-. The Morgan fingerprint density at radius 3 is 2.95 bits per heavy atom. The van der Waals surface area contributed by atoms with Crippen LogP contribution in [0.5, 0.6) is 0 Å². The van der Waals surface area contributed by atoms with Crippen LogP contribution < -0.4 is 5.73 Å². The fourth-order valence-electron chi connectivity index (χ4n) is 2.04. The Morgan fingerprint density at radius 2 is 2.24 bits per heavy atom. The van der Waals surface area contributed by atoms with Crippen LogP contribution in [0.25, 0.3) is 5.57 Å². The van der Waals surface area contributed by atoms with E-state index in [4.69, 9.17) is 5.73 Å². The van der Waals surface area contributed by atoms with Gasteiger partial charge >= 0.3 is 0 Å². The maximum absolute atomic E-state index is 6.14. The molecular formula is C19H20N2. The molecule has 1 heterocycles. The highest BCUT2D eigenvalue weighted by Gasteiger charge is 2.08. The SMILES string of the molecule is C=C1C=C(c2ccccn2)C=CC=C1/C(N)=C/C=C\CC. The van der Waals surface area contributed by atoms with E-state index in [-0.39, 0.29) is 0 Å². The molecule has 0 amide bonds. The van der Waals surface area contributed by atoms with Gasteiger partial charge in [0.1, 0.15) is 0 Å². The van der Waals surface area contributed by atoms with Crippen LogP contribution in [0.15, 0.2) is 90.4 Å². The van der Waals surface area contributed by atoms with Crippen molar-refractivity contribution in [3.8, 4) is 0 Å². The Hall–Kier alpha value is -2.61. The molecule has 2 heteroatoms. The molecule has 21 heavy (non-hydrogen) atoms. The van der Waals surface area contributed by atoms with Gasteiger partial charge in [0.2, 0.25) is 0 Å². The van der Waals surface area contributed by atoms with Crippen LogP contribution >= 0.6 is 0 Å². The van der Waals surface area contributed by atoms with E-state index >= 15 is 0 Å². The first-order valence-corrected chi connectivity index (χ1v) is 7.05. The number of nitrogens with two attached hydrogens (primary N) is 1. The molecule has 0 radical (unpaired) electrons. The van der Waals surface area contributed by atoms with Crippen LogP contribution in [0.2, 0.25) is 0 Å². The Bertz CT molecular complexity index is 656. The van der Waals surface area contributed by atoms with Gasteiger partial charge in [-0.3, -0.25) is 4.98 Å². The van der Waals surface area contributed by atoms with Crippen LogP contribution in [0, 0.1) is 0 Å². The van der Waals surface area contributed by atoms with E-state index in [0.717, 1.165) is 28.8 Å². The van der Waals surface area contributed by atoms with Crippen molar-refractivity contribution in [3.05, 3.63) is 96.0 Å². The van der Waals surface area contributed by atoms with Crippen molar-refractivity contribution < 1.29 is 0 Å². The van der Waals surface area contributed by atoms with Crippen molar-refractivity contribution in [2.24, 2.45) is 5.73 Å². The van der Waals surface area contributed by atoms with E-state index < -0.39 is 0 Å². The molecule has 106 valence electrons. The summed E-state index contributed by atoms with van der Waals surface area (Å²) in [5, 5.41) is 0. The average molecular weight is 276 g/mol. The second-order valence-electron chi connectivity index (χ2n) is 4.74. The lowest BCUT2D eigenvalue weighted by Crippen LogP contribution is -2.02. The van der Waals surface area contributed by atoms with Crippen molar-refractivity contribution in [2.75, 3.05) is 0 Å². The summed E-state index contributed by atoms with van der Waals surface area (Å²) in [4.78, 5) is 4.37. The van der Waals surface area contributed by atoms with Crippen molar-refractivity contribution in [3.63, 3.8) is 0 Å². The van der Waals surface area contributed by atoms with Gasteiger partial charge in [0.15, 0.2) is 0 Å². The molecule has 0 bridgehead atoms. The molecular weight excluding hydrogens is 256 g/mol. The number of pyridine rings is 1. The van der Waals surface area contributed by atoms with Gasteiger partial charge in [-0.2, -0.15) is 0 Å². The Balaban J connectivity index is 2.27. The van der Waals surface area contributed by atoms with E-state index in [9.17, 15) is 0 Å². The number of aromatic nitrogens is 1. The van der Waals surface area contributed by atoms with Crippen LogP contribution in [0.4, 0.5) is 0 Å². The van der Waals surface area contributed by atoms with Crippen molar-refractivity contribution in [2.45, 2.75) is 13.3 Å². The highest BCUT2D eigenvalue weighted by Crippen LogP contribution is 2.25. The minimum atomic E-state index is 0.716. The first-order valence-electron chi connectivity index (χ1n) is 7.05. The van der Waals surface area contributed by atoms with E-state index in [1.165, 1.54) is 0 Å². The normalized spacial score (nSPS) is 15.9. The number of hydrogen-bond acceptors (Lipinski definition) is 2. The molecule has 2 rings (SSSR count). The zero-order valence-electron chi connectivity index (χ0n) is 12.3. The first-order chi connectivity index (χ1) is 10.2. The van der Waals surface area contributed by atoms with Crippen molar-refractivity contribution in [1.82, 2.24) is 4.98 Å². The maximum Gasteiger partial charge on any atom is 0.0702 e. The van der Waals surface area contributed by atoms with Gasteiger partial charge in [-0.05, 0) is 36.3 Å². The fraction of sp³-hybridized carbons (Fsp3) is 0.105. The van der Waals surface area contributed by atoms with E-state index in [1.54, 1.807) is 6.20 Å². The second kappa shape index (κ2) is 7.25. The highest BCUT2D eigenvalue weighted by atomic mass is 14.7. The smallest absolute Gasteiger partial charge is 0.0702 e. The molecule has 1 aliphatic carbocycles. The third kappa shape index (κ3) is 3.93. The first kappa shape index (κ1) is 14.8. The van der Waals surface area contributed by atoms with Gasteiger partial charge in [0.05, 0.1) is 5.69 Å². The zero-order chi connectivity index (χ0) is 15.1. The molecule has 0 aliphatic heterocycles. The second-order valence-corrected chi connectivity index (χ2v) is 4.74. The van der Waals surface area contributed by atoms with Gasteiger partial charge in [-0.15, -0.1) is 0 Å². The van der Waals surface area contributed by atoms with Crippen LogP contribution in [0.1, 0.15) is 19.0 Å². The van der Waals surface area contributed by atoms with Crippen LogP contribution in [-0.4, -0.2) is 4.98 Å². The topological polar surface area (TPSA) is 38.9 Å². The molecule has 1 aromatic rings. The summed E-state index contributed by atoms with van der Waals surface area (Å²) in [5.74, 6) is 0. The minimum Gasteiger partial charge on any atom is -0.398 e. The van der Waals surface area contributed by atoms with Crippen molar-refractivity contribution in [1.29, 1.82) is 0 Å². The monoisotopic (exact) mass is 276 g/mol. The summed E-state index contributed by atoms with van der Waals surface area (Å²) in [6.07, 6.45) is 16.7. The van der Waals surface area contributed by atoms with Gasteiger partial charge in [0, 0.05) is 23.0 Å². The minimum absolute atomic E-state index is 0.716. The molecule has 0 spiro atoms. The van der Waals surface area contributed by atoms with Crippen molar-refractivity contribution >= 4 is 5.57 Å². The van der Waals surface area contributed by atoms with E-state index in [1.807, 2.05) is 54.7 Å². The fourth-order valence-corrected chi connectivity index (χ4v) is 2.04. The Labute approximate surface area is 126 Å². The number of rotatable bonds is 4. The van der Waals surface area contributed by atoms with Gasteiger partial charge in [-0.25, -0.2) is 0 Å². The molecule has 2 nitrogen and oxygen atoms in total. The van der Waals surface area contributed by atoms with E-state index in [0.29, 0.717) is 5.70 Å². The van der Waals surface area contributed by atoms with Gasteiger partial charge in [-0.1, -0.05) is 49.9 Å². The lowest BCUT2D eigenvalue weighted by atomic mass is 10.0. The summed E-state index contributed by atoms with van der Waals surface area (Å²) in [7, 11) is 0. The number of nitrogens with zero attached hydrogens (tertiary/aromatic N) is 1. The molecule has 0 saturated heterocycles. The van der Waals surface area contributed by atoms with Crippen LogP contribution in [0.3, 0.4) is 0 Å². The summed E-state index contributed by atoms with van der Waals surface area (Å²) >= 11 is 0. The predicted molar refractivity (Wildman–Crippen MR) is 90.3 cm³/mol. The van der Waals surface area contributed by atoms with E-state index in [2.05, 4.69) is 24.6 Å². The molecule has 2 N–H and O–H groups in total. The quantitative estimate of drug-likeness (QED) is 0.831. The molecule has 0 fully saturated rings. The third-order valence-electron chi connectivity index (χ3n) is 3.13. The summed E-state index contributed by atoms with van der Waals surface area (Å²) in [6.45, 7) is 6.22. The largest absolute Gasteiger partial charge is 0.398 e. The predicted octanol–water partition coefficient (Wildman–Crippen LogP) is 4.33. The maximum atomic E-state index is 6.14. The molecule has 0 aromatic carbocycles. The summed E-state index contributed by atoms with van der Waals surface area (Å²) in [6, 6.07) is 5.87. The summed E-state index contributed by atoms with van der Waals surface area (Å²) in [5.41, 5.74) is 10.6. The van der Waals surface area contributed by atoms with Gasteiger partial charge < -0.3 is 5.73 Å². The molecule has 0 unspecified atom stereocenters. The Kier molecular flexibility index (Phi) is 5.10. The lowest BCUT2D eigenvalue weighted by Gasteiger charge is -2.07. The molecule has 1 aromatic heterocycles. The lowest BCUT2D eigenvalue weighted by molar-refractivity contribution is 1.22. The number of hydrogen-bond donors (Lipinski definition) is 1. The molecule has 0 saturated carbocycles. The van der Waals surface area contributed by atoms with Gasteiger partial charge in [0.25, 0.3) is 0 Å². The average Bonchev–Trinajstić information content (AvgIpc) is 2.70. The molecule has 1 aliphatic rings. The summed E-state index contributed by atoms with van der Waals surface area (Å²) < 4.78 is 0. The van der Waals surface area contributed by atoms with Crippen LogP contribution in [-0.2, 0) is 0 Å².